The van der Waals surface area contributed by atoms with Gasteiger partial charge in [-0.2, -0.15) is 0 Å². The molecule has 1 aromatic carbocycles. The SMILES string of the molecule is CCOc1ccc(NC(=O)COC(=O)C2CCC(C(C)(C)C)CC2)cc1OCC. The number of ether oxygens (including phenoxy) is 3. The summed E-state index contributed by atoms with van der Waals surface area (Å²) in [5, 5.41) is 2.74. The molecule has 0 aromatic heterocycles. The molecule has 0 saturated heterocycles. The van der Waals surface area contributed by atoms with E-state index in [0.29, 0.717) is 36.3 Å². The van der Waals surface area contributed by atoms with Gasteiger partial charge in [0.15, 0.2) is 18.1 Å². The summed E-state index contributed by atoms with van der Waals surface area (Å²) in [6.07, 6.45) is 3.72. The third-order valence-corrected chi connectivity index (χ3v) is 5.46. The van der Waals surface area contributed by atoms with Crippen LogP contribution in [-0.2, 0) is 14.3 Å². The van der Waals surface area contributed by atoms with Gasteiger partial charge in [0.05, 0.1) is 19.1 Å². The first-order valence-electron chi connectivity index (χ1n) is 10.6. The van der Waals surface area contributed by atoms with Crippen molar-refractivity contribution < 1.29 is 23.8 Å². The van der Waals surface area contributed by atoms with Crippen LogP contribution in [0.15, 0.2) is 18.2 Å². The molecule has 0 atom stereocenters. The molecule has 0 heterocycles. The highest BCUT2D eigenvalue weighted by molar-refractivity contribution is 5.93. The van der Waals surface area contributed by atoms with Gasteiger partial charge in [-0.15, -0.1) is 0 Å². The van der Waals surface area contributed by atoms with Crippen LogP contribution in [0.3, 0.4) is 0 Å². The summed E-state index contributed by atoms with van der Waals surface area (Å²) < 4.78 is 16.3. The Morgan fingerprint density at radius 2 is 1.62 bits per heavy atom. The average molecular weight is 406 g/mol. The number of nitrogens with one attached hydrogen (secondary N) is 1. The number of benzene rings is 1. The lowest BCUT2D eigenvalue weighted by Crippen LogP contribution is -2.31. The molecule has 2 rings (SSSR count). The number of hydrogen-bond donors (Lipinski definition) is 1. The third kappa shape index (κ3) is 6.94. The monoisotopic (exact) mass is 405 g/mol. The molecule has 6 nitrogen and oxygen atoms in total. The second-order valence-electron chi connectivity index (χ2n) is 8.60. The minimum atomic E-state index is -0.367. The molecular formula is C23H35NO5. The van der Waals surface area contributed by atoms with Crippen molar-refractivity contribution in [2.45, 2.75) is 60.3 Å². The summed E-state index contributed by atoms with van der Waals surface area (Å²) in [5.41, 5.74) is 0.843. The van der Waals surface area contributed by atoms with Crippen LogP contribution >= 0.6 is 0 Å². The van der Waals surface area contributed by atoms with E-state index in [1.807, 2.05) is 13.8 Å². The topological polar surface area (TPSA) is 73.9 Å². The molecule has 1 fully saturated rings. The second kappa shape index (κ2) is 10.5. The lowest BCUT2D eigenvalue weighted by molar-refractivity contribution is -0.153. The van der Waals surface area contributed by atoms with Crippen molar-refractivity contribution in [3.63, 3.8) is 0 Å². The van der Waals surface area contributed by atoms with Crippen LogP contribution in [0.1, 0.15) is 60.3 Å². The Hall–Kier alpha value is -2.24. The maximum absolute atomic E-state index is 12.3. The summed E-state index contributed by atoms with van der Waals surface area (Å²) in [7, 11) is 0. The van der Waals surface area contributed by atoms with E-state index in [9.17, 15) is 9.59 Å². The summed E-state index contributed by atoms with van der Waals surface area (Å²) in [6.45, 7) is 11.3. The van der Waals surface area contributed by atoms with Crippen LogP contribution in [0.4, 0.5) is 5.69 Å². The van der Waals surface area contributed by atoms with Crippen molar-refractivity contribution in [2.24, 2.45) is 17.3 Å². The van der Waals surface area contributed by atoms with Crippen LogP contribution in [0.5, 0.6) is 11.5 Å². The van der Waals surface area contributed by atoms with Crippen LogP contribution in [0.2, 0.25) is 0 Å². The van der Waals surface area contributed by atoms with Gasteiger partial charge in [0.2, 0.25) is 0 Å². The van der Waals surface area contributed by atoms with E-state index in [1.165, 1.54) is 0 Å². The Bertz CT molecular complexity index is 687. The smallest absolute Gasteiger partial charge is 0.309 e. The maximum atomic E-state index is 12.3. The molecule has 0 bridgehead atoms. The number of rotatable bonds is 8. The number of amides is 1. The molecular weight excluding hydrogens is 370 g/mol. The molecule has 29 heavy (non-hydrogen) atoms. The normalized spacial score (nSPS) is 19.3. The van der Waals surface area contributed by atoms with Crippen LogP contribution in [0, 0.1) is 17.3 Å². The van der Waals surface area contributed by atoms with Crippen molar-refractivity contribution in [1.29, 1.82) is 0 Å². The number of hydrogen-bond acceptors (Lipinski definition) is 5. The molecule has 1 aliphatic carbocycles. The Labute approximate surface area is 174 Å². The Kier molecular flexibility index (Phi) is 8.35. The molecule has 1 amide bonds. The van der Waals surface area contributed by atoms with Crippen molar-refractivity contribution in [1.82, 2.24) is 0 Å². The molecule has 0 spiro atoms. The molecule has 1 saturated carbocycles. The average Bonchev–Trinajstić information content (AvgIpc) is 2.68. The lowest BCUT2D eigenvalue weighted by atomic mass is 9.70. The van der Waals surface area contributed by atoms with Gasteiger partial charge in [0, 0.05) is 11.8 Å². The van der Waals surface area contributed by atoms with Gasteiger partial charge in [-0.3, -0.25) is 9.59 Å². The summed E-state index contributed by atoms with van der Waals surface area (Å²) in [5.74, 6) is 1.09. The van der Waals surface area contributed by atoms with Gasteiger partial charge in [-0.25, -0.2) is 0 Å². The third-order valence-electron chi connectivity index (χ3n) is 5.46. The van der Waals surface area contributed by atoms with Gasteiger partial charge >= 0.3 is 5.97 Å². The van der Waals surface area contributed by atoms with Crippen molar-refractivity contribution in [3.05, 3.63) is 18.2 Å². The molecule has 0 radical (unpaired) electrons. The van der Waals surface area contributed by atoms with Gasteiger partial charge in [-0.1, -0.05) is 20.8 Å². The number of esters is 1. The van der Waals surface area contributed by atoms with Crippen LogP contribution in [-0.4, -0.2) is 31.7 Å². The molecule has 1 aliphatic rings. The zero-order chi connectivity index (χ0) is 21.4. The highest BCUT2D eigenvalue weighted by atomic mass is 16.5. The molecule has 0 aliphatic heterocycles. The number of anilines is 1. The molecule has 0 unspecified atom stereocenters. The van der Waals surface area contributed by atoms with E-state index in [0.717, 1.165) is 25.7 Å². The Morgan fingerprint density at radius 3 is 2.21 bits per heavy atom. The second-order valence-corrected chi connectivity index (χ2v) is 8.60. The van der Waals surface area contributed by atoms with Crippen molar-refractivity contribution in [3.8, 4) is 11.5 Å². The van der Waals surface area contributed by atoms with E-state index < -0.39 is 0 Å². The van der Waals surface area contributed by atoms with Crippen LogP contribution in [0.25, 0.3) is 0 Å². The first kappa shape index (κ1) is 23.0. The predicted molar refractivity (Wildman–Crippen MR) is 113 cm³/mol. The van der Waals surface area contributed by atoms with E-state index in [-0.39, 0.29) is 29.8 Å². The van der Waals surface area contributed by atoms with E-state index in [2.05, 4.69) is 26.1 Å². The Morgan fingerprint density at radius 1 is 1.00 bits per heavy atom. The minimum absolute atomic E-state index is 0.101. The van der Waals surface area contributed by atoms with Crippen molar-refractivity contribution in [2.75, 3.05) is 25.1 Å². The summed E-state index contributed by atoms with van der Waals surface area (Å²) in [6, 6.07) is 5.20. The molecule has 1 N–H and O–H groups in total. The zero-order valence-corrected chi connectivity index (χ0v) is 18.4. The summed E-state index contributed by atoms with van der Waals surface area (Å²) >= 11 is 0. The fourth-order valence-corrected chi connectivity index (χ4v) is 3.78. The molecule has 6 heteroatoms. The summed E-state index contributed by atoms with van der Waals surface area (Å²) in [4.78, 5) is 24.5. The van der Waals surface area contributed by atoms with Gasteiger partial charge in [0.1, 0.15) is 0 Å². The highest BCUT2D eigenvalue weighted by Crippen LogP contribution is 2.40. The van der Waals surface area contributed by atoms with Crippen molar-refractivity contribution >= 4 is 17.6 Å². The largest absolute Gasteiger partial charge is 0.490 e. The zero-order valence-electron chi connectivity index (χ0n) is 18.4. The first-order valence-corrected chi connectivity index (χ1v) is 10.6. The van der Waals surface area contributed by atoms with Gasteiger partial charge < -0.3 is 19.5 Å². The van der Waals surface area contributed by atoms with Crippen LogP contribution < -0.4 is 14.8 Å². The fraction of sp³-hybridized carbons (Fsp3) is 0.652. The van der Waals surface area contributed by atoms with E-state index in [1.54, 1.807) is 18.2 Å². The molecule has 1 aromatic rings. The van der Waals surface area contributed by atoms with E-state index in [4.69, 9.17) is 14.2 Å². The fourth-order valence-electron chi connectivity index (χ4n) is 3.78. The standard InChI is InChI=1S/C23H35NO5/c1-6-27-19-13-12-18(14-20(19)28-7-2)24-21(25)15-29-22(26)16-8-10-17(11-9-16)23(3,4)5/h12-14,16-17H,6-11,15H2,1-5H3,(H,24,25). The Balaban J connectivity index is 1.82. The first-order chi connectivity index (χ1) is 13.7. The van der Waals surface area contributed by atoms with Gasteiger partial charge in [0.25, 0.3) is 5.91 Å². The van der Waals surface area contributed by atoms with Gasteiger partial charge in [-0.05, 0) is 63.0 Å². The predicted octanol–water partition coefficient (Wildman–Crippen LogP) is 4.82. The number of carbonyl (C=O) groups is 2. The minimum Gasteiger partial charge on any atom is -0.490 e. The number of carbonyl (C=O) groups excluding carboxylic acids is 2. The van der Waals surface area contributed by atoms with E-state index >= 15 is 0 Å². The lowest BCUT2D eigenvalue weighted by Gasteiger charge is -2.36. The maximum Gasteiger partial charge on any atom is 0.309 e. The quantitative estimate of drug-likeness (QED) is 0.628. The highest BCUT2D eigenvalue weighted by Gasteiger charge is 2.33. The molecule has 162 valence electrons.